The molecule has 2 aromatic carbocycles. The molecule has 0 saturated carbocycles. The molecule has 4 rings (SSSR count). The van der Waals surface area contributed by atoms with Gasteiger partial charge in [0, 0.05) is 10.7 Å². The van der Waals surface area contributed by atoms with E-state index in [1.807, 2.05) is 24.3 Å². The van der Waals surface area contributed by atoms with E-state index in [0.29, 0.717) is 5.02 Å². The third kappa shape index (κ3) is 5.47. The van der Waals surface area contributed by atoms with E-state index in [1.165, 1.54) is 37.1 Å². The predicted octanol–water partition coefficient (Wildman–Crippen LogP) is 4.73. The van der Waals surface area contributed by atoms with Gasteiger partial charge in [-0.15, -0.1) is 0 Å². The molecule has 1 saturated heterocycles. The van der Waals surface area contributed by atoms with Crippen LogP contribution in [0.4, 0.5) is 5.69 Å². The third-order valence-electron chi connectivity index (χ3n) is 4.88. The number of nitrogens with one attached hydrogen (secondary N) is 2. The van der Waals surface area contributed by atoms with Crippen LogP contribution >= 0.6 is 11.6 Å². The molecule has 1 heterocycles. The molecule has 0 aromatic heterocycles. The summed E-state index contributed by atoms with van der Waals surface area (Å²) in [5.41, 5.74) is 3.17. The zero-order valence-corrected chi connectivity index (χ0v) is 17.3. The lowest BCUT2D eigenvalue weighted by atomic mass is 9.91. The minimum atomic E-state index is -1.29. The van der Waals surface area contributed by atoms with E-state index in [-0.39, 0.29) is 0 Å². The lowest BCUT2D eigenvalue weighted by Gasteiger charge is -2.21. The van der Waals surface area contributed by atoms with Gasteiger partial charge in [0.15, 0.2) is 11.0 Å². The number of benzene rings is 2. The van der Waals surface area contributed by atoms with E-state index in [9.17, 15) is 4.21 Å². The summed E-state index contributed by atoms with van der Waals surface area (Å²) in [7, 11) is 0.398. The SMILES string of the molecule is C1CCNC1.COc1ccc(S(=O)Nc2ccc(Cl)cc2)c2c1CCCC2. The monoisotopic (exact) mass is 406 g/mol. The van der Waals surface area contributed by atoms with Crippen LogP contribution in [0.5, 0.6) is 5.75 Å². The zero-order valence-electron chi connectivity index (χ0n) is 15.7. The van der Waals surface area contributed by atoms with E-state index >= 15 is 0 Å². The average Bonchev–Trinajstić information content (AvgIpc) is 3.29. The summed E-state index contributed by atoms with van der Waals surface area (Å²) < 4.78 is 21.2. The summed E-state index contributed by atoms with van der Waals surface area (Å²) in [4.78, 5) is 0.852. The topological polar surface area (TPSA) is 50.4 Å². The third-order valence-corrected chi connectivity index (χ3v) is 6.34. The molecule has 2 aliphatic rings. The largest absolute Gasteiger partial charge is 0.496 e. The van der Waals surface area contributed by atoms with Crippen molar-refractivity contribution in [3.8, 4) is 5.75 Å². The summed E-state index contributed by atoms with van der Waals surface area (Å²) in [5.74, 6) is 0.905. The molecule has 1 aliphatic carbocycles. The first-order valence-electron chi connectivity index (χ1n) is 9.52. The van der Waals surface area contributed by atoms with Crippen molar-refractivity contribution in [1.29, 1.82) is 0 Å². The van der Waals surface area contributed by atoms with Crippen molar-refractivity contribution < 1.29 is 8.95 Å². The number of ether oxygens (including phenoxy) is 1. The van der Waals surface area contributed by atoms with Crippen LogP contribution in [0.2, 0.25) is 5.02 Å². The summed E-state index contributed by atoms with van der Waals surface area (Å²) in [5, 5.41) is 3.89. The highest BCUT2D eigenvalue weighted by Crippen LogP contribution is 2.33. The van der Waals surface area contributed by atoms with Crippen LogP contribution in [0.15, 0.2) is 41.3 Å². The van der Waals surface area contributed by atoms with Gasteiger partial charge < -0.3 is 14.8 Å². The molecule has 0 bridgehead atoms. The van der Waals surface area contributed by atoms with Gasteiger partial charge in [-0.25, -0.2) is 4.21 Å². The van der Waals surface area contributed by atoms with Crippen LogP contribution in [-0.4, -0.2) is 24.4 Å². The number of hydrogen-bond donors (Lipinski definition) is 2. The first kappa shape index (κ1) is 20.2. The summed E-state index contributed by atoms with van der Waals surface area (Å²) in [6.45, 7) is 2.50. The maximum absolute atomic E-state index is 12.7. The van der Waals surface area contributed by atoms with Crippen molar-refractivity contribution >= 4 is 28.3 Å². The van der Waals surface area contributed by atoms with Crippen molar-refractivity contribution in [3.05, 3.63) is 52.5 Å². The Balaban J connectivity index is 0.000000364. The molecule has 27 heavy (non-hydrogen) atoms. The van der Waals surface area contributed by atoms with Crippen LogP contribution in [0, 0.1) is 0 Å². The van der Waals surface area contributed by atoms with Crippen molar-refractivity contribution in [2.24, 2.45) is 0 Å². The van der Waals surface area contributed by atoms with E-state index in [2.05, 4.69) is 10.0 Å². The van der Waals surface area contributed by atoms with Gasteiger partial charge >= 0.3 is 0 Å². The molecule has 4 nitrogen and oxygen atoms in total. The van der Waals surface area contributed by atoms with Crippen LogP contribution in [0.25, 0.3) is 0 Å². The molecular formula is C21H27ClN2O2S. The molecule has 6 heteroatoms. The Kier molecular flexibility index (Phi) is 7.56. The molecule has 0 amide bonds. The van der Waals surface area contributed by atoms with Gasteiger partial charge in [-0.05, 0) is 99.1 Å². The van der Waals surface area contributed by atoms with Crippen molar-refractivity contribution in [3.63, 3.8) is 0 Å². The van der Waals surface area contributed by atoms with Crippen molar-refractivity contribution in [2.75, 3.05) is 24.9 Å². The van der Waals surface area contributed by atoms with Crippen LogP contribution in [0.1, 0.15) is 36.8 Å². The normalized spacial score (nSPS) is 16.7. The Labute approximate surface area is 169 Å². The molecule has 1 fully saturated rings. The number of rotatable bonds is 4. The molecule has 2 N–H and O–H groups in total. The second kappa shape index (κ2) is 10.1. The second-order valence-corrected chi connectivity index (χ2v) is 8.38. The van der Waals surface area contributed by atoms with E-state index < -0.39 is 11.0 Å². The van der Waals surface area contributed by atoms with E-state index in [4.69, 9.17) is 16.3 Å². The van der Waals surface area contributed by atoms with Gasteiger partial charge in [0.1, 0.15) is 5.75 Å². The molecule has 2 aromatic rings. The molecule has 1 unspecified atom stereocenters. The van der Waals surface area contributed by atoms with Crippen LogP contribution < -0.4 is 14.8 Å². The fourth-order valence-electron chi connectivity index (χ4n) is 3.47. The van der Waals surface area contributed by atoms with Crippen LogP contribution in [0.3, 0.4) is 0 Å². The minimum absolute atomic E-state index is 0.665. The van der Waals surface area contributed by atoms with Gasteiger partial charge in [0.25, 0.3) is 0 Å². The predicted molar refractivity (Wildman–Crippen MR) is 113 cm³/mol. The summed E-state index contributed by atoms with van der Waals surface area (Å²) >= 11 is 5.88. The number of fused-ring (bicyclic) bond motifs is 1. The molecule has 0 radical (unpaired) electrons. The summed E-state index contributed by atoms with van der Waals surface area (Å²) in [6, 6.07) is 11.0. The molecule has 0 spiro atoms. The number of anilines is 1. The van der Waals surface area contributed by atoms with Crippen molar-refractivity contribution in [2.45, 2.75) is 43.4 Å². The fraction of sp³-hybridized carbons (Fsp3) is 0.429. The number of methoxy groups -OCH3 is 1. The highest BCUT2D eigenvalue weighted by molar-refractivity contribution is 7.86. The van der Waals surface area contributed by atoms with E-state index in [0.717, 1.165) is 42.0 Å². The standard InChI is InChI=1S/C17H18ClNO2S.C4H9N/c1-21-16-10-11-17(15-5-3-2-4-14(15)16)22(20)19-13-8-6-12(18)7-9-13;1-2-4-5-3-1/h6-11,19H,2-5H2,1H3;5H,1-4H2. The minimum Gasteiger partial charge on any atom is -0.496 e. The maximum atomic E-state index is 12.7. The van der Waals surface area contributed by atoms with Gasteiger partial charge in [0.2, 0.25) is 0 Å². The van der Waals surface area contributed by atoms with Gasteiger partial charge in [-0.2, -0.15) is 0 Å². The van der Waals surface area contributed by atoms with Gasteiger partial charge in [-0.1, -0.05) is 11.6 Å². The van der Waals surface area contributed by atoms with Gasteiger partial charge in [0.05, 0.1) is 12.0 Å². The molecule has 1 aliphatic heterocycles. The fourth-order valence-corrected chi connectivity index (χ4v) is 4.70. The quantitative estimate of drug-likeness (QED) is 0.771. The zero-order chi connectivity index (χ0) is 19.1. The first-order valence-corrected chi connectivity index (χ1v) is 11.1. The van der Waals surface area contributed by atoms with Crippen molar-refractivity contribution in [1.82, 2.24) is 5.32 Å². The Morgan fingerprint density at radius 2 is 1.63 bits per heavy atom. The molecule has 1 atom stereocenters. The molecule has 146 valence electrons. The smallest absolute Gasteiger partial charge is 0.150 e. The number of hydrogen-bond acceptors (Lipinski definition) is 3. The van der Waals surface area contributed by atoms with Crippen LogP contribution in [-0.2, 0) is 23.8 Å². The highest BCUT2D eigenvalue weighted by atomic mass is 35.5. The average molecular weight is 407 g/mol. The lowest BCUT2D eigenvalue weighted by molar-refractivity contribution is 0.405. The highest BCUT2D eigenvalue weighted by Gasteiger charge is 2.20. The van der Waals surface area contributed by atoms with Gasteiger partial charge in [-0.3, -0.25) is 0 Å². The second-order valence-electron chi connectivity index (χ2n) is 6.76. The Morgan fingerprint density at radius 1 is 0.963 bits per heavy atom. The Hall–Kier alpha value is -1.56. The Morgan fingerprint density at radius 3 is 2.22 bits per heavy atom. The number of halogens is 1. The Bertz CT molecular complexity index is 769. The summed E-state index contributed by atoms with van der Waals surface area (Å²) in [6.07, 6.45) is 7.01. The van der Waals surface area contributed by atoms with E-state index in [1.54, 1.807) is 19.2 Å². The lowest BCUT2D eigenvalue weighted by Crippen LogP contribution is -2.13. The maximum Gasteiger partial charge on any atom is 0.150 e. The first-order chi connectivity index (χ1) is 13.2. The molecular weight excluding hydrogens is 380 g/mol.